The number of hydrogen-bond acceptors (Lipinski definition) is 6. The van der Waals surface area contributed by atoms with Crippen LogP contribution in [0.1, 0.15) is 12.8 Å². The average molecular weight is 626 g/mol. The number of anilines is 1. The van der Waals surface area contributed by atoms with Crippen LogP contribution in [0.25, 0.3) is 0 Å². The molecule has 1 aliphatic rings. The maximum absolute atomic E-state index is 12.7. The fraction of sp³-hybridized carbons (Fsp3) is 0.720. The summed E-state index contributed by atoms with van der Waals surface area (Å²) in [5, 5.41) is 1.10. The molecular formula is C25H46F3NO6Si4. The summed E-state index contributed by atoms with van der Waals surface area (Å²) in [5.74, 6) is -0.966. The Hall–Kier alpha value is -0.852. The van der Waals surface area contributed by atoms with E-state index >= 15 is 0 Å². The minimum Gasteiger partial charge on any atom is -0.439 e. The van der Waals surface area contributed by atoms with E-state index in [9.17, 15) is 18.0 Å². The first-order valence-corrected chi connectivity index (χ1v) is 24.4. The summed E-state index contributed by atoms with van der Waals surface area (Å²) in [4.78, 5) is 13.2. The Labute approximate surface area is 236 Å². The largest absolute Gasteiger partial charge is 0.439 e. The third kappa shape index (κ3) is 12.7. The SMILES string of the molecule is CO[Si](C)(CCCOCC1CO1)O[SiH](C)O[Si](C)(C)CC[Si](C)(C)c1cccc(N(C)C(=O)CC(F)(F)F)c1. The first-order valence-electron chi connectivity index (χ1n) is 13.5. The molecule has 0 saturated carbocycles. The highest BCUT2D eigenvalue weighted by molar-refractivity contribution is 6.91. The molecule has 1 aromatic carbocycles. The van der Waals surface area contributed by atoms with Crippen LogP contribution in [0, 0.1) is 0 Å². The molecule has 1 fully saturated rings. The number of ether oxygens (including phenoxy) is 2. The number of amides is 1. The molecule has 1 saturated heterocycles. The Kier molecular flexibility index (Phi) is 12.6. The van der Waals surface area contributed by atoms with E-state index in [1.807, 2.05) is 18.2 Å². The minimum atomic E-state index is -4.53. The van der Waals surface area contributed by atoms with E-state index in [1.54, 1.807) is 13.2 Å². The predicted molar refractivity (Wildman–Crippen MR) is 159 cm³/mol. The van der Waals surface area contributed by atoms with Gasteiger partial charge in [0.15, 0.2) is 8.32 Å². The molecule has 1 heterocycles. The van der Waals surface area contributed by atoms with E-state index in [0.717, 1.165) is 41.2 Å². The summed E-state index contributed by atoms with van der Waals surface area (Å²) in [6.45, 7) is 15.2. The maximum Gasteiger partial charge on any atom is 0.397 e. The second kappa shape index (κ2) is 14.4. The molecule has 1 amide bonds. The first-order chi connectivity index (χ1) is 18.0. The lowest BCUT2D eigenvalue weighted by molar-refractivity contribution is -0.151. The van der Waals surface area contributed by atoms with Crippen molar-refractivity contribution >= 4 is 51.0 Å². The molecule has 7 nitrogen and oxygen atoms in total. The molecular weight excluding hydrogens is 580 g/mol. The Bertz CT molecular complexity index is 935. The number of halogens is 3. The van der Waals surface area contributed by atoms with Crippen LogP contribution in [0.2, 0.25) is 57.4 Å². The van der Waals surface area contributed by atoms with Crippen molar-refractivity contribution in [1.29, 1.82) is 0 Å². The number of carbonyl (C=O) groups excluding carboxylic acids is 1. The standard InChI is InChI=1S/C25H46F3NO6Si4/c1-29(24(30)18-25(26,27)28)21-11-9-12-23(17-21)37(4,5)15-16-38(6,7)34-36(3)35-39(8,31-2)14-10-13-32-19-22-20-33-22/h9,11-12,17,22,36H,10,13-16,18-20H2,1-8H3. The van der Waals surface area contributed by atoms with Gasteiger partial charge in [0, 0.05) is 26.5 Å². The second-order valence-electron chi connectivity index (χ2n) is 11.7. The van der Waals surface area contributed by atoms with Gasteiger partial charge in [-0.3, -0.25) is 4.79 Å². The topological polar surface area (TPSA) is 69.8 Å². The summed E-state index contributed by atoms with van der Waals surface area (Å²) in [6, 6.07) is 10.1. The Morgan fingerprint density at radius 3 is 2.38 bits per heavy atom. The minimum absolute atomic E-state index is 0.270. The van der Waals surface area contributed by atoms with E-state index in [1.165, 1.54) is 7.05 Å². The van der Waals surface area contributed by atoms with E-state index in [2.05, 4.69) is 39.3 Å². The molecule has 0 N–H and O–H groups in total. The molecule has 0 aliphatic carbocycles. The molecule has 1 aromatic rings. The Morgan fingerprint density at radius 1 is 1.13 bits per heavy atom. The number of carbonyl (C=O) groups is 1. The van der Waals surface area contributed by atoms with Gasteiger partial charge in [-0.2, -0.15) is 13.2 Å². The number of hydrogen-bond donors (Lipinski definition) is 0. The van der Waals surface area contributed by atoms with Gasteiger partial charge in [0.1, 0.15) is 12.5 Å². The molecule has 0 aromatic heterocycles. The lowest BCUT2D eigenvalue weighted by Gasteiger charge is -2.34. The highest BCUT2D eigenvalue weighted by Gasteiger charge is 2.37. The molecule has 3 atom stereocenters. The van der Waals surface area contributed by atoms with Gasteiger partial charge in [0.25, 0.3) is 9.28 Å². The Morgan fingerprint density at radius 2 is 1.79 bits per heavy atom. The van der Waals surface area contributed by atoms with Gasteiger partial charge >= 0.3 is 14.7 Å². The first kappa shape index (κ1) is 34.3. The van der Waals surface area contributed by atoms with Crippen LogP contribution in [0.15, 0.2) is 24.3 Å². The lowest BCUT2D eigenvalue weighted by atomic mass is 10.2. The number of rotatable bonds is 17. The monoisotopic (exact) mass is 625 g/mol. The van der Waals surface area contributed by atoms with Gasteiger partial charge in [0.2, 0.25) is 5.91 Å². The fourth-order valence-corrected chi connectivity index (χ4v) is 19.9. The molecule has 3 unspecified atom stereocenters. The number of nitrogens with zero attached hydrogens (tertiary/aromatic N) is 1. The highest BCUT2D eigenvalue weighted by atomic mass is 28.5. The smallest absolute Gasteiger partial charge is 0.397 e. The van der Waals surface area contributed by atoms with Crippen LogP contribution in [0.5, 0.6) is 0 Å². The molecule has 224 valence electrons. The zero-order valence-corrected chi connectivity index (χ0v) is 28.8. The zero-order valence-electron chi connectivity index (χ0n) is 24.7. The van der Waals surface area contributed by atoms with Crippen molar-refractivity contribution in [3.8, 4) is 0 Å². The average Bonchev–Trinajstić information content (AvgIpc) is 3.65. The van der Waals surface area contributed by atoms with Gasteiger partial charge < -0.3 is 27.0 Å². The van der Waals surface area contributed by atoms with Crippen molar-refractivity contribution in [1.82, 2.24) is 0 Å². The van der Waals surface area contributed by atoms with Crippen molar-refractivity contribution in [3.05, 3.63) is 24.3 Å². The number of benzene rings is 1. The van der Waals surface area contributed by atoms with Crippen molar-refractivity contribution in [2.75, 3.05) is 38.9 Å². The molecule has 0 bridgehead atoms. The van der Waals surface area contributed by atoms with Crippen LogP contribution in [-0.4, -0.2) is 86.4 Å². The van der Waals surface area contributed by atoms with E-state index in [-0.39, 0.29) is 6.10 Å². The third-order valence-electron chi connectivity index (χ3n) is 7.05. The second-order valence-corrected chi connectivity index (χ2v) is 26.8. The van der Waals surface area contributed by atoms with E-state index in [4.69, 9.17) is 22.1 Å². The lowest BCUT2D eigenvalue weighted by Crippen LogP contribution is -2.48. The van der Waals surface area contributed by atoms with Crippen LogP contribution in [-0.2, 0) is 26.9 Å². The zero-order chi connectivity index (χ0) is 29.5. The number of alkyl halides is 3. The van der Waals surface area contributed by atoms with Crippen molar-refractivity contribution in [3.63, 3.8) is 0 Å². The van der Waals surface area contributed by atoms with Crippen molar-refractivity contribution in [2.45, 2.75) is 82.5 Å². The molecule has 2 rings (SSSR count). The van der Waals surface area contributed by atoms with Gasteiger partial charge in [-0.1, -0.05) is 36.5 Å². The van der Waals surface area contributed by atoms with Crippen LogP contribution in [0.3, 0.4) is 0 Å². The summed E-state index contributed by atoms with van der Waals surface area (Å²) < 4.78 is 67.8. The van der Waals surface area contributed by atoms with Gasteiger partial charge in [-0.25, -0.2) is 0 Å². The van der Waals surface area contributed by atoms with E-state index in [0.29, 0.717) is 18.9 Å². The third-order valence-corrected chi connectivity index (χ3v) is 21.7. The molecule has 0 radical (unpaired) electrons. The van der Waals surface area contributed by atoms with E-state index < -0.39 is 52.7 Å². The number of epoxide rings is 1. The van der Waals surface area contributed by atoms with Crippen molar-refractivity contribution in [2.24, 2.45) is 0 Å². The van der Waals surface area contributed by atoms with Gasteiger partial charge in [0.05, 0.1) is 21.3 Å². The van der Waals surface area contributed by atoms with Crippen LogP contribution < -0.4 is 10.1 Å². The summed E-state index contributed by atoms with van der Waals surface area (Å²) in [7, 11) is -5.16. The highest BCUT2D eigenvalue weighted by Crippen LogP contribution is 2.26. The summed E-state index contributed by atoms with van der Waals surface area (Å²) in [6.07, 6.45) is -4.85. The normalized spacial score (nSPS) is 18.5. The summed E-state index contributed by atoms with van der Waals surface area (Å²) >= 11 is 0. The summed E-state index contributed by atoms with van der Waals surface area (Å²) in [5.41, 5.74) is 0.486. The van der Waals surface area contributed by atoms with Gasteiger partial charge in [-0.15, -0.1) is 0 Å². The maximum atomic E-state index is 12.7. The van der Waals surface area contributed by atoms with Gasteiger partial charge in [-0.05, 0) is 56.8 Å². The molecule has 0 spiro atoms. The van der Waals surface area contributed by atoms with Crippen LogP contribution in [0.4, 0.5) is 18.9 Å². The predicted octanol–water partition coefficient (Wildman–Crippen LogP) is 5.13. The molecule has 14 heteroatoms. The molecule has 39 heavy (non-hydrogen) atoms. The quantitative estimate of drug-likeness (QED) is 0.136. The Balaban J connectivity index is 1.90. The van der Waals surface area contributed by atoms with Crippen LogP contribution >= 0.6 is 0 Å². The molecule has 1 aliphatic heterocycles. The fourth-order valence-electron chi connectivity index (χ4n) is 4.29. The van der Waals surface area contributed by atoms with Crippen molar-refractivity contribution < 1.29 is 40.1 Å².